The molecule has 2 fully saturated rings. The Kier molecular flexibility index (Phi) is 6.13. The van der Waals surface area contributed by atoms with Gasteiger partial charge in [-0.15, -0.1) is 0 Å². The Morgan fingerprint density at radius 2 is 1.89 bits per heavy atom. The Labute approximate surface area is 166 Å². The molecule has 3 atom stereocenters. The third-order valence-corrected chi connectivity index (χ3v) is 5.36. The number of piperidine rings is 1. The van der Waals surface area contributed by atoms with Crippen LogP contribution in [0.5, 0.6) is 0 Å². The summed E-state index contributed by atoms with van der Waals surface area (Å²) in [5.74, 6) is 0.194. The molecule has 0 aliphatic carbocycles. The molecule has 2 heterocycles. The monoisotopic (exact) mass is 389 g/mol. The zero-order chi connectivity index (χ0) is 20.3. The molecular formula is C21H31N3O4. The number of hydrogen-bond acceptors (Lipinski definition) is 5. The molecule has 1 aromatic carbocycles. The minimum atomic E-state index is -0.517. The number of rotatable bonds is 3. The molecule has 2 aliphatic heterocycles. The standard InChI is InChI=1S/C21H31N3O4/c1-21(2,3)28-19(25)23-10-9-18-16(13-23)11-17(12-22)24(18)20(26)27-14-15-7-5-4-6-8-15/h4-8,16-18H,9-14,22H2,1-3H3/t16-,17+,18+/m0/s1. The van der Waals surface area contributed by atoms with Crippen molar-refractivity contribution in [3.8, 4) is 0 Å². The van der Waals surface area contributed by atoms with Crippen LogP contribution in [-0.2, 0) is 16.1 Å². The van der Waals surface area contributed by atoms with Crippen molar-refractivity contribution in [2.45, 2.75) is 57.9 Å². The summed E-state index contributed by atoms with van der Waals surface area (Å²) in [7, 11) is 0. The van der Waals surface area contributed by atoms with Crippen LogP contribution in [0.25, 0.3) is 0 Å². The van der Waals surface area contributed by atoms with Gasteiger partial charge in [0.2, 0.25) is 0 Å². The molecule has 3 rings (SSSR count). The summed E-state index contributed by atoms with van der Waals surface area (Å²) >= 11 is 0. The summed E-state index contributed by atoms with van der Waals surface area (Å²) in [4.78, 5) is 28.7. The predicted molar refractivity (Wildman–Crippen MR) is 106 cm³/mol. The van der Waals surface area contributed by atoms with Crippen LogP contribution in [0.3, 0.4) is 0 Å². The molecule has 2 saturated heterocycles. The second-order valence-corrected chi connectivity index (χ2v) is 8.62. The molecule has 0 spiro atoms. The van der Waals surface area contributed by atoms with Crippen LogP contribution < -0.4 is 5.73 Å². The zero-order valence-corrected chi connectivity index (χ0v) is 17.0. The molecule has 0 aromatic heterocycles. The molecule has 0 saturated carbocycles. The highest BCUT2D eigenvalue weighted by Gasteiger charge is 2.47. The fraction of sp³-hybridized carbons (Fsp3) is 0.619. The number of carbonyl (C=O) groups excluding carboxylic acids is 2. The number of carbonyl (C=O) groups is 2. The Morgan fingerprint density at radius 1 is 1.18 bits per heavy atom. The maximum atomic E-state index is 12.8. The molecule has 0 radical (unpaired) electrons. The molecule has 2 amide bonds. The number of nitrogens with two attached hydrogens (primary N) is 1. The third kappa shape index (κ3) is 4.76. The van der Waals surface area contributed by atoms with Crippen molar-refractivity contribution >= 4 is 12.2 Å². The van der Waals surface area contributed by atoms with Crippen LogP contribution in [0.2, 0.25) is 0 Å². The molecule has 2 N–H and O–H groups in total. The van der Waals surface area contributed by atoms with Gasteiger partial charge in [0.1, 0.15) is 12.2 Å². The fourth-order valence-corrected chi connectivity index (χ4v) is 4.13. The Morgan fingerprint density at radius 3 is 2.54 bits per heavy atom. The lowest BCUT2D eigenvalue weighted by Crippen LogP contribution is -2.51. The molecule has 0 unspecified atom stereocenters. The van der Waals surface area contributed by atoms with Crippen molar-refractivity contribution in [3.63, 3.8) is 0 Å². The molecule has 7 nitrogen and oxygen atoms in total. The average molecular weight is 389 g/mol. The van der Waals surface area contributed by atoms with Crippen LogP contribution in [0.4, 0.5) is 9.59 Å². The zero-order valence-electron chi connectivity index (χ0n) is 17.0. The lowest BCUT2D eigenvalue weighted by molar-refractivity contribution is 0.0103. The van der Waals surface area contributed by atoms with E-state index in [9.17, 15) is 9.59 Å². The van der Waals surface area contributed by atoms with Gasteiger partial charge in [-0.25, -0.2) is 9.59 Å². The predicted octanol–water partition coefficient (Wildman–Crippen LogP) is 2.98. The maximum Gasteiger partial charge on any atom is 0.410 e. The smallest absolute Gasteiger partial charge is 0.410 e. The molecule has 2 aliphatic rings. The normalized spacial score (nSPS) is 24.6. The molecule has 1 aromatic rings. The summed E-state index contributed by atoms with van der Waals surface area (Å²) in [6, 6.07) is 9.63. The van der Waals surface area contributed by atoms with E-state index in [0.29, 0.717) is 26.1 Å². The van der Waals surface area contributed by atoms with E-state index in [1.54, 1.807) is 9.80 Å². The van der Waals surface area contributed by atoms with Crippen molar-refractivity contribution in [1.82, 2.24) is 9.80 Å². The summed E-state index contributed by atoms with van der Waals surface area (Å²) in [6.45, 7) is 7.37. The highest BCUT2D eigenvalue weighted by molar-refractivity contribution is 5.70. The lowest BCUT2D eigenvalue weighted by atomic mass is 9.92. The third-order valence-electron chi connectivity index (χ3n) is 5.36. The molecule has 7 heteroatoms. The first-order valence-corrected chi connectivity index (χ1v) is 9.95. The summed E-state index contributed by atoms with van der Waals surface area (Å²) in [5.41, 5.74) is 6.38. The van der Waals surface area contributed by atoms with Gasteiger partial charge in [0.05, 0.1) is 0 Å². The first-order chi connectivity index (χ1) is 13.3. The first kappa shape index (κ1) is 20.5. The van der Waals surface area contributed by atoms with Crippen LogP contribution in [0.1, 0.15) is 39.2 Å². The number of nitrogens with zero attached hydrogens (tertiary/aromatic N) is 2. The molecule has 154 valence electrons. The van der Waals surface area contributed by atoms with E-state index in [4.69, 9.17) is 15.2 Å². The van der Waals surface area contributed by atoms with Gasteiger partial charge < -0.3 is 25.0 Å². The molecule has 0 bridgehead atoms. The van der Waals surface area contributed by atoms with Gasteiger partial charge >= 0.3 is 12.2 Å². The van der Waals surface area contributed by atoms with Crippen molar-refractivity contribution in [1.29, 1.82) is 0 Å². The number of hydrogen-bond donors (Lipinski definition) is 1. The van der Waals surface area contributed by atoms with Crippen LogP contribution in [0.15, 0.2) is 30.3 Å². The van der Waals surface area contributed by atoms with Gasteiger partial charge in [-0.2, -0.15) is 0 Å². The van der Waals surface area contributed by atoms with Gasteiger partial charge in [-0.05, 0) is 45.1 Å². The minimum absolute atomic E-state index is 0.0514. The van der Waals surface area contributed by atoms with E-state index in [1.165, 1.54) is 0 Å². The summed E-state index contributed by atoms with van der Waals surface area (Å²) in [6.07, 6.45) is 0.875. The Balaban J connectivity index is 1.61. The molecular weight excluding hydrogens is 358 g/mol. The minimum Gasteiger partial charge on any atom is -0.445 e. The second-order valence-electron chi connectivity index (χ2n) is 8.62. The number of amides is 2. The number of likely N-dealkylation sites (tertiary alicyclic amines) is 2. The van der Waals surface area contributed by atoms with Crippen molar-refractivity contribution in [3.05, 3.63) is 35.9 Å². The van der Waals surface area contributed by atoms with Crippen LogP contribution >= 0.6 is 0 Å². The Hall–Kier alpha value is -2.28. The van der Waals surface area contributed by atoms with E-state index in [2.05, 4.69) is 0 Å². The highest BCUT2D eigenvalue weighted by atomic mass is 16.6. The summed E-state index contributed by atoms with van der Waals surface area (Å²) in [5, 5.41) is 0. The number of fused-ring (bicyclic) bond motifs is 1. The quantitative estimate of drug-likeness (QED) is 0.859. The number of ether oxygens (including phenoxy) is 2. The average Bonchev–Trinajstić information content (AvgIpc) is 3.03. The van der Waals surface area contributed by atoms with Crippen LogP contribution in [0, 0.1) is 5.92 Å². The van der Waals surface area contributed by atoms with Gasteiger partial charge in [0, 0.05) is 31.7 Å². The topological polar surface area (TPSA) is 85.1 Å². The SMILES string of the molecule is CC(C)(C)OC(=O)N1CC[C@@H]2[C@@H](C[C@H](CN)N2C(=O)OCc2ccccc2)C1. The Bertz CT molecular complexity index is 689. The summed E-state index contributed by atoms with van der Waals surface area (Å²) < 4.78 is 11.1. The van der Waals surface area contributed by atoms with Gasteiger partial charge in [-0.3, -0.25) is 0 Å². The van der Waals surface area contributed by atoms with Crippen LogP contribution in [-0.4, -0.2) is 59.3 Å². The second kappa shape index (κ2) is 8.39. The van der Waals surface area contributed by atoms with Gasteiger partial charge in [0.25, 0.3) is 0 Å². The molecule has 28 heavy (non-hydrogen) atoms. The van der Waals surface area contributed by atoms with E-state index < -0.39 is 5.60 Å². The maximum absolute atomic E-state index is 12.8. The number of benzene rings is 1. The van der Waals surface area contributed by atoms with Crippen molar-refractivity contribution in [2.75, 3.05) is 19.6 Å². The van der Waals surface area contributed by atoms with E-state index in [1.807, 2.05) is 51.1 Å². The largest absolute Gasteiger partial charge is 0.445 e. The van der Waals surface area contributed by atoms with E-state index in [0.717, 1.165) is 12.0 Å². The highest BCUT2D eigenvalue weighted by Crippen LogP contribution is 2.36. The van der Waals surface area contributed by atoms with Gasteiger partial charge in [0.15, 0.2) is 0 Å². The lowest BCUT2D eigenvalue weighted by Gasteiger charge is -2.38. The van der Waals surface area contributed by atoms with E-state index in [-0.39, 0.29) is 36.8 Å². The van der Waals surface area contributed by atoms with Crippen molar-refractivity contribution < 1.29 is 19.1 Å². The van der Waals surface area contributed by atoms with Crippen molar-refractivity contribution in [2.24, 2.45) is 11.7 Å². The van der Waals surface area contributed by atoms with Gasteiger partial charge in [-0.1, -0.05) is 30.3 Å². The first-order valence-electron chi connectivity index (χ1n) is 9.95. The van der Waals surface area contributed by atoms with E-state index >= 15 is 0 Å². The fourth-order valence-electron chi connectivity index (χ4n) is 4.13.